The van der Waals surface area contributed by atoms with Crippen molar-refractivity contribution in [3.05, 3.63) is 72.1 Å². The Morgan fingerprint density at radius 3 is 2.56 bits per heavy atom. The molecule has 92 valence electrons. The number of rotatable bonds is 4. The quantitative estimate of drug-likeness (QED) is 0.765. The van der Waals surface area contributed by atoms with Gasteiger partial charge >= 0.3 is 0 Å². The molecule has 1 heteroatoms. The van der Waals surface area contributed by atoms with Crippen LogP contribution in [0.2, 0.25) is 0 Å². The van der Waals surface area contributed by atoms with Gasteiger partial charge < -0.3 is 0 Å². The van der Waals surface area contributed by atoms with Crippen LogP contribution in [0.3, 0.4) is 0 Å². The molecule has 0 fully saturated rings. The first-order valence-corrected chi connectivity index (χ1v) is 6.34. The van der Waals surface area contributed by atoms with Gasteiger partial charge in [-0.3, -0.25) is 4.98 Å². The van der Waals surface area contributed by atoms with Crippen molar-refractivity contribution in [2.75, 3.05) is 0 Å². The summed E-state index contributed by atoms with van der Waals surface area (Å²) in [6, 6.07) is 12.4. The fraction of sp³-hybridized carbons (Fsp3) is 0.235. The van der Waals surface area contributed by atoms with Gasteiger partial charge in [0.15, 0.2) is 0 Å². The van der Waals surface area contributed by atoms with Crippen molar-refractivity contribution in [1.82, 2.24) is 4.98 Å². The number of pyridine rings is 1. The van der Waals surface area contributed by atoms with Gasteiger partial charge in [0.1, 0.15) is 0 Å². The van der Waals surface area contributed by atoms with Gasteiger partial charge in [-0.05, 0) is 40.7 Å². The maximum Gasteiger partial charge on any atom is 0.0306 e. The number of allylic oxidation sites excluding steroid dienone is 1. The summed E-state index contributed by atoms with van der Waals surface area (Å²) in [6.45, 7) is 8.62. The second kappa shape index (κ2) is 5.63. The molecule has 0 amide bonds. The molecular weight excluding hydrogens is 218 g/mol. The van der Waals surface area contributed by atoms with Crippen molar-refractivity contribution in [3.63, 3.8) is 0 Å². The average molecular weight is 237 g/mol. The fourth-order valence-electron chi connectivity index (χ4n) is 2.15. The summed E-state index contributed by atoms with van der Waals surface area (Å²) in [4.78, 5) is 4.23. The van der Waals surface area contributed by atoms with Crippen molar-refractivity contribution < 1.29 is 0 Å². The van der Waals surface area contributed by atoms with Crippen LogP contribution in [0.4, 0.5) is 0 Å². The van der Waals surface area contributed by atoms with Gasteiger partial charge in [0.05, 0.1) is 0 Å². The van der Waals surface area contributed by atoms with Crippen molar-refractivity contribution in [3.8, 4) is 0 Å². The van der Waals surface area contributed by atoms with Gasteiger partial charge in [-0.15, -0.1) is 0 Å². The Kier molecular flexibility index (Phi) is 3.93. The van der Waals surface area contributed by atoms with Gasteiger partial charge in [0, 0.05) is 12.4 Å². The van der Waals surface area contributed by atoms with Crippen LogP contribution in [-0.4, -0.2) is 4.98 Å². The van der Waals surface area contributed by atoms with Gasteiger partial charge in [-0.2, -0.15) is 0 Å². The minimum atomic E-state index is 0.520. The zero-order valence-corrected chi connectivity index (χ0v) is 11.1. The van der Waals surface area contributed by atoms with E-state index in [0.717, 1.165) is 12.0 Å². The van der Waals surface area contributed by atoms with E-state index in [1.807, 2.05) is 30.6 Å². The van der Waals surface area contributed by atoms with Gasteiger partial charge in [0.25, 0.3) is 0 Å². The molecule has 0 saturated carbocycles. The molecular formula is C17H19N. The van der Waals surface area contributed by atoms with E-state index in [4.69, 9.17) is 0 Å². The highest BCUT2D eigenvalue weighted by atomic mass is 14.6. The maximum absolute atomic E-state index is 4.23. The van der Waals surface area contributed by atoms with Crippen LogP contribution in [0, 0.1) is 0 Å². The van der Waals surface area contributed by atoms with Crippen molar-refractivity contribution >= 4 is 5.57 Å². The molecule has 0 radical (unpaired) electrons. The lowest BCUT2D eigenvalue weighted by Gasteiger charge is -2.13. The first-order chi connectivity index (χ1) is 8.68. The van der Waals surface area contributed by atoms with E-state index >= 15 is 0 Å². The van der Waals surface area contributed by atoms with E-state index in [2.05, 4.69) is 43.6 Å². The lowest BCUT2D eigenvalue weighted by molar-refractivity contribution is 0.846. The van der Waals surface area contributed by atoms with E-state index in [1.54, 1.807) is 0 Å². The number of hydrogen-bond acceptors (Lipinski definition) is 1. The predicted molar refractivity (Wildman–Crippen MR) is 77.5 cm³/mol. The largest absolute Gasteiger partial charge is 0.264 e. The van der Waals surface area contributed by atoms with Crippen LogP contribution in [0.5, 0.6) is 0 Å². The highest BCUT2D eigenvalue weighted by Crippen LogP contribution is 2.23. The molecule has 2 aromatic rings. The normalized spacial score (nSPS) is 10.6. The van der Waals surface area contributed by atoms with Crippen molar-refractivity contribution in [2.24, 2.45) is 0 Å². The van der Waals surface area contributed by atoms with Gasteiger partial charge in [-0.25, -0.2) is 0 Å². The lowest BCUT2D eigenvalue weighted by Crippen LogP contribution is -1.98. The van der Waals surface area contributed by atoms with Crippen LogP contribution in [0.1, 0.15) is 36.5 Å². The highest BCUT2D eigenvalue weighted by Gasteiger charge is 2.08. The van der Waals surface area contributed by atoms with Crippen LogP contribution in [-0.2, 0) is 6.42 Å². The summed E-state index contributed by atoms with van der Waals surface area (Å²) in [6.07, 6.45) is 4.69. The van der Waals surface area contributed by atoms with E-state index in [0.29, 0.717) is 5.92 Å². The van der Waals surface area contributed by atoms with E-state index < -0.39 is 0 Å². The molecule has 1 heterocycles. The van der Waals surface area contributed by atoms with Gasteiger partial charge in [-0.1, -0.05) is 50.8 Å². The van der Waals surface area contributed by atoms with Crippen molar-refractivity contribution in [1.29, 1.82) is 0 Å². The molecule has 0 unspecified atom stereocenters. The van der Waals surface area contributed by atoms with Crippen LogP contribution < -0.4 is 0 Å². The summed E-state index contributed by atoms with van der Waals surface area (Å²) in [7, 11) is 0. The van der Waals surface area contributed by atoms with Crippen LogP contribution >= 0.6 is 0 Å². The smallest absolute Gasteiger partial charge is 0.0306 e. The molecule has 0 saturated heterocycles. The topological polar surface area (TPSA) is 12.9 Å². The third kappa shape index (κ3) is 2.86. The number of aromatic nitrogens is 1. The Hall–Kier alpha value is -1.89. The standard InChI is InChI=1S/C17H19N/c1-13(2)17-9-10-18-12-16(17)11-14(3)15-7-5-4-6-8-15/h4-10,12-13H,3,11H2,1-2H3. The zero-order chi connectivity index (χ0) is 13.0. The molecule has 0 aliphatic heterocycles. The van der Waals surface area contributed by atoms with Crippen molar-refractivity contribution in [2.45, 2.75) is 26.2 Å². The molecule has 1 aromatic carbocycles. The molecule has 1 aromatic heterocycles. The first kappa shape index (κ1) is 12.6. The molecule has 0 bridgehead atoms. The average Bonchev–Trinajstić information content (AvgIpc) is 2.40. The maximum atomic E-state index is 4.23. The summed E-state index contributed by atoms with van der Waals surface area (Å²) in [5, 5.41) is 0. The molecule has 18 heavy (non-hydrogen) atoms. The highest BCUT2D eigenvalue weighted by molar-refractivity contribution is 5.65. The van der Waals surface area contributed by atoms with Crippen LogP contribution in [0.25, 0.3) is 5.57 Å². The number of benzene rings is 1. The Labute approximate surface area is 109 Å². The monoisotopic (exact) mass is 237 g/mol. The molecule has 0 atom stereocenters. The summed E-state index contributed by atoms with van der Waals surface area (Å²) < 4.78 is 0. The summed E-state index contributed by atoms with van der Waals surface area (Å²) in [5.74, 6) is 0.520. The molecule has 2 rings (SSSR count). The Morgan fingerprint density at radius 1 is 1.17 bits per heavy atom. The number of nitrogens with zero attached hydrogens (tertiary/aromatic N) is 1. The van der Waals surface area contributed by atoms with E-state index in [9.17, 15) is 0 Å². The number of hydrogen-bond donors (Lipinski definition) is 0. The Bertz CT molecular complexity index is 526. The second-order valence-electron chi connectivity index (χ2n) is 4.88. The summed E-state index contributed by atoms with van der Waals surface area (Å²) >= 11 is 0. The Balaban J connectivity index is 2.22. The third-order valence-electron chi connectivity index (χ3n) is 3.15. The first-order valence-electron chi connectivity index (χ1n) is 6.34. The third-order valence-corrected chi connectivity index (χ3v) is 3.15. The fourth-order valence-corrected chi connectivity index (χ4v) is 2.15. The minimum Gasteiger partial charge on any atom is -0.264 e. The van der Waals surface area contributed by atoms with E-state index in [-0.39, 0.29) is 0 Å². The summed E-state index contributed by atoms with van der Waals surface area (Å²) in [5.41, 5.74) is 4.99. The molecule has 0 aliphatic carbocycles. The van der Waals surface area contributed by atoms with Crippen LogP contribution in [0.15, 0.2) is 55.4 Å². The predicted octanol–water partition coefficient (Wildman–Crippen LogP) is 4.46. The molecule has 0 aliphatic rings. The Morgan fingerprint density at radius 2 is 1.89 bits per heavy atom. The lowest BCUT2D eigenvalue weighted by atomic mass is 9.93. The molecule has 1 nitrogen and oxygen atoms in total. The minimum absolute atomic E-state index is 0.520. The SMILES string of the molecule is C=C(Cc1cnccc1C(C)C)c1ccccc1. The molecule has 0 spiro atoms. The zero-order valence-electron chi connectivity index (χ0n) is 11.1. The van der Waals surface area contributed by atoms with Gasteiger partial charge in [0.2, 0.25) is 0 Å². The van der Waals surface area contributed by atoms with E-state index in [1.165, 1.54) is 16.7 Å². The molecule has 0 N–H and O–H groups in total. The second-order valence-corrected chi connectivity index (χ2v) is 4.88.